The maximum absolute atomic E-state index is 11.9. The summed E-state index contributed by atoms with van der Waals surface area (Å²) < 4.78 is 0. The summed E-state index contributed by atoms with van der Waals surface area (Å²) >= 11 is 0. The summed E-state index contributed by atoms with van der Waals surface area (Å²) in [4.78, 5) is 25.0. The van der Waals surface area contributed by atoms with Crippen molar-refractivity contribution in [2.75, 3.05) is 25.0 Å². The fourth-order valence-corrected chi connectivity index (χ4v) is 1.77. The van der Waals surface area contributed by atoms with E-state index in [0.29, 0.717) is 6.54 Å². The van der Waals surface area contributed by atoms with Crippen LogP contribution in [0.5, 0.6) is 0 Å². The van der Waals surface area contributed by atoms with Gasteiger partial charge in [-0.15, -0.1) is 12.4 Å². The number of nitrogens with zero attached hydrogens (tertiary/aromatic N) is 1. The predicted octanol–water partition coefficient (Wildman–Crippen LogP) is 1.55. The lowest BCUT2D eigenvalue weighted by Gasteiger charge is -2.21. The molecule has 0 heterocycles. The Morgan fingerprint density at radius 2 is 1.95 bits per heavy atom. The van der Waals surface area contributed by atoms with Crippen LogP contribution in [0.15, 0.2) is 24.3 Å². The molecule has 2 amide bonds. The largest absolute Gasteiger partial charge is 0.332 e. The zero-order valence-corrected chi connectivity index (χ0v) is 12.7. The Kier molecular flexibility index (Phi) is 8.59. The average molecular weight is 300 g/mol. The molecule has 0 aliphatic carbocycles. The zero-order valence-electron chi connectivity index (χ0n) is 11.9. The van der Waals surface area contributed by atoms with E-state index in [-0.39, 0.29) is 37.3 Å². The van der Waals surface area contributed by atoms with Crippen molar-refractivity contribution in [2.45, 2.75) is 20.3 Å². The summed E-state index contributed by atoms with van der Waals surface area (Å²) in [5, 5.41) is 2.80. The van der Waals surface area contributed by atoms with Gasteiger partial charge in [0.2, 0.25) is 11.8 Å². The Hall–Kier alpha value is -1.59. The number of hydrogen-bond donors (Lipinski definition) is 2. The second-order valence-electron chi connectivity index (χ2n) is 4.38. The molecule has 0 aliphatic heterocycles. The van der Waals surface area contributed by atoms with Crippen molar-refractivity contribution in [2.24, 2.45) is 5.73 Å². The summed E-state index contributed by atoms with van der Waals surface area (Å²) in [5.74, 6) is -0.411. The molecule has 6 heteroatoms. The van der Waals surface area contributed by atoms with Crippen LogP contribution in [0.2, 0.25) is 0 Å². The zero-order chi connectivity index (χ0) is 14.3. The van der Waals surface area contributed by atoms with Gasteiger partial charge in [0.15, 0.2) is 0 Å². The van der Waals surface area contributed by atoms with Gasteiger partial charge in [0, 0.05) is 12.2 Å². The molecule has 0 radical (unpaired) electrons. The fraction of sp³-hybridized carbons (Fsp3) is 0.429. The molecule has 112 valence electrons. The SMILES string of the molecule is CCCN(CC(=O)Nc1ccccc1C)C(=O)CN.Cl. The Bertz CT molecular complexity index is 452. The molecule has 0 aromatic heterocycles. The second-order valence-corrected chi connectivity index (χ2v) is 4.38. The molecule has 0 bridgehead atoms. The average Bonchev–Trinajstić information content (AvgIpc) is 2.40. The standard InChI is InChI=1S/C14H21N3O2.ClH/c1-3-8-17(14(19)9-15)10-13(18)16-12-7-5-4-6-11(12)2;/h4-7H,3,8-10,15H2,1-2H3,(H,16,18);1H. The van der Waals surface area contributed by atoms with Gasteiger partial charge in [-0.3, -0.25) is 9.59 Å². The molecule has 20 heavy (non-hydrogen) atoms. The summed E-state index contributed by atoms with van der Waals surface area (Å²) in [6.07, 6.45) is 0.795. The molecular formula is C14H22ClN3O2. The third kappa shape index (κ3) is 5.59. The lowest BCUT2D eigenvalue weighted by molar-refractivity contribution is -0.133. The van der Waals surface area contributed by atoms with Crippen molar-refractivity contribution in [3.05, 3.63) is 29.8 Å². The molecule has 0 atom stereocenters. The van der Waals surface area contributed by atoms with E-state index in [1.165, 1.54) is 4.90 Å². The van der Waals surface area contributed by atoms with E-state index in [1.807, 2.05) is 38.1 Å². The molecule has 1 aromatic rings. The lowest BCUT2D eigenvalue weighted by Crippen LogP contribution is -2.41. The van der Waals surface area contributed by atoms with Crippen LogP contribution < -0.4 is 11.1 Å². The first kappa shape index (κ1) is 18.4. The number of aryl methyl sites for hydroxylation is 1. The van der Waals surface area contributed by atoms with E-state index >= 15 is 0 Å². The molecule has 0 fully saturated rings. The van der Waals surface area contributed by atoms with Crippen molar-refractivity contribution in [1.82, 2.24) is 4.90 Å². The Labute approximate surface area is 125 Å². The molecule has 0 spiro atoms. The van der Waals surface area contributed by atoms with Gasteiger partial charge in [0.1, 0.15) is 0 Å². The van der Waals surface area contributed by atoms with Crippen LogP contribution in [0.25, 0.3) is 0 Å². The highest BCUT2D eigenvalue weighted by Gasteiger charge is 2.15. The third-order valence-corrected chi connectivity index (χ3v) is 2.77. The van der Waals surface area contributed by atoms with Gasteiger partial charge in [-0.25, -0.2) is 0 Å². The van der Waals surface area contributed by atoms with Gasteiger partial charge in [0.25, 0.3) is 0 Å². The van der Waals surface area contributed by atoms with Crippen molar-refractivity contribution >= 4 is 29.9 Å². The molecule has 3 N–H and O–H groups in total. The molecular weight excluding hydrogens is 278 g/mol. The van der Waals surface area contributed by atoms with Gasteiger partial charge >= 0.3 is 0 Å². The number of halogens is 1. The highest BCUT2D eigenvalue weighted by atomic mass is 35.5. The molecule has 0 unspecified atom stereocenters. The first-order valence-electron chi connectivity index (χ1n) is 6.41. The third-order valence-electron chi connectivity index (χ3n) is 2.77. The highest BCUT2D eigenvalue weighted by molar-refractivity contribution is 5.95. The van der Waals surface area contributed by atoms with Crippen molar-refractivity contribution in [1.29, 1.82) is 0 Å². The maximum atomic E-state index is 11.9. The van der Waals surface area contributed by atoms with Crippen molar-refractivity contribution in [3.63, 3.8) is 0 Å². The Balaban J connectivity index is 0.00000361. The number of nitrogens with two attached hydrogens (primary N) is 1. The second kappa shape index (κ2) is 9.34. The number of carbonyl (C=O) groups is 2. The molecule has 0 aliphatic rings. The number of nitrogens with one attached hydrogen (secondary N) is 1. The van der Waals surface area contributed by atoms with Crippen LogP contribution in [0, 0.1) is 6.92 Å². The maximum Gasteiger partial charge on any atom is 0.244 e. The van der Waals surface area contributed by atoms with E-state index in [2.05, 4.69) is 5.32 Å². The van der Waals surface area contributed by atoms with Crippen molar-refractivity contribution in [3.8, 4) is 0 Å². The van der Waals surface area contributed by atoms with E-state index in [1.54, 1.807) is 0 Å². The first-order chi connectivity index (χ1) is 9.08. The Morgan fingerprint density at radius 3 is 2.50 bits per heavy atom. The van der Waals surface area contributed by atoms with Gasteiger partial charge < -0.3 is 16.0 Å². The van der Waals surface area contributed by atoms with Crippen LogP contribution in [0.3, 0.4) is 0 Å². The monoisotopic (exact) mass is 299 g/mol. The summed E-state index contributed by atoms with van der Waals surface area (Å²) in [5.41, 5.74) is 7.09. The number of hydrogen-bond acceptors (Lipinski definition) is 3. The van der Waals surface area contributed by atoms with Crippen molar-refractivity contribution < 1.29 is 9.59 Å². The van der Waals surface area contributed by atoms with Gasteiger partial charge in [-0.05, 0) is 25.0 Å². The minimum atomic E-state index is -0.207. The van der Waals surface area contributed by atoms with Crippen LogP contribution >= 0.6 is 12.4 Å². The number of amides is 2. The van der Waals surface area contributed by atoms with Crippen LogP contribution in [0.1, 0.15) is 18.9 Å². The molecule has 1 rings (SSSR count). The van der Waals surface area contributed by atoms with Crippen LogP contribution in [-0.2, 0) is 9.59 Å². The topological polar surface area (TPSA) is 75.4 Å². The number of rotatable bonds is 6. The number of benzene rings is 1. The number of para-hydroxylation sites is 1. The van der Waals surface area contributed by atoms with E-state index in [4.69, 9.17) is 5.73 Å². The normalized spacial score (nSPS) is 9.55. The van der Waals surface area contributed by atoms with Crippen LogP contribution in [0.4, 0.5) is 5.69 Å². The summed E-state index contributed by atoms with van der Waals surface area (Å²) in [7, 11) is 0. The minimum absolute atomic E-state index is 0. The molecule has 1 aromatic carbocycles. The summed E-state index contributed by atoms with van der Waals surface area (Å²) in [6.45, 7) is 4.38. The van der Waals surface area contributed by atoms with Crippen LogP contribution in [-0.4, -0.2) is 36.3 Å². The van der Waals surface area contributed by atoms with E-state index in [9.17, 15) is 9.59 Å². The lowest BCUT2D eigenvalue weighted by atomic mass is 10.2. The smallest absolute Gasteiger partial charge is 0.244 e. The fourth-order valence-electron chi connectivity index (χ4n) is 1.77. The molecule has 0 saturated carbocycles. The van der Waals surface area contributed by atoms with E-state index < -0.39 is 0 Å². The van der Waals surface area contributed by atoms with E-state index in [0.717, 1.165) is 17.7 Å². The number of carbonyl (C=O) groups excluding carboxylic acids is 2. The van der Waals surface area contributed by atoms with Gasteiger partial charge in [0.05, 0.1) is 13.1 Å². The first-order valence-corrected chi connectivity index (χ1v) is 6.41. The minimum Gasteiger partial charge on any atom is -0.332 e. The Morgan fingerprint density at radius 1 is 1.30 bits per heavy atom. The predicted molar refractivity (Wildman–Crippen MR) is 83.0 cm³/mol. The molecule has 5 nitrogen and oxygen atoms in total. The van der Waals surface area contributed by atoms with Gasteiger partial charge in [-0.1, -0.05) is 25.1 Å². The highest BCUT2D eigenvalue weighted by Crippen LogP contribution is 2.12. The number of anilines is 1. The molecule has 0 saturated heterocycles. The summed E-state index contributed by atoms with van der Waals surface area (Å²) in [6, 6.07) is 7.52. The quantitative estimate of drug-likeness (QED) is 0.837. The van der Waals surface area contributed by atoms with Gasteiger partial charge in [-0.2, -0.15) is 0 Å².